The number of carboxylic acid groups (broad SMARTS) is 1. The molecule has 0 saturated carbocycles. The monoisotopic (exact) mass is 183 g/mol. The van der Waals surface area contributed by atoms with Crippen molar-refractivity contribution in [3.63, 3.8) is 0 Å². The summed E-state index contributed by atoms with van der Waals surface area (Å²) in [6.07, 6.45) is 6.87. The second-order valence-corrected chi connectivity index (χ2v) is 2.75. The summed E-state index contributed by atoms with van der Waals surface area (Å²) in [6.45, 7) is 0.858. The number of aliphatic carboxylic acids is 1. The van der Waals surface area contributed by atoms with Crippen LogP contribution < -0.4 is 5.32 Å². The van der Waals surface area contributed by atoms with Crippen LogP contribution in [0, 0.1) is 0 Å². The van der Waals surface area contributed by atoms with Crippen molar-refractivity contribution in [2.45, 2.75) is 18.9 Å². The highest BCUT2D eigenvalue weighted by molar-refractivity contribution is 5.73. The van der Waals surface area contributed by atoms with Crippen LogP contribution in [0.5, 0.6) is 0 Å². The number of nitrogens with zero attached hydrogens (tertiary/aromatic N) is 1. The van der Waals surface area contributed by atoms with Crippen molar-refractivity contribution in [1.82, 2.24) is 15.3 Å². The van der Waals surface area contributed by atoms with Gasteiger partial charge in [0.05, 0.1) is 6.33 Å². The van der Waals surface area contributed by atoms with Gasteiger partial charge in [-0.05, 0) is 19.4 Å². The first kappa shape index (κ1) is 9.73. The SMILES string of the molecule is O=C(O)[C@@H]1CCCN1.c1c[nH]cn1. The molecule has 0 spiro atoms. The minimum Gasteiger partial charge on any atom is -0.480 e. The minimum absolute atomic E-state index is 0.269. The van der Waals surface area contributed by atoms with Gasteiger partial charge in [-0.3, -0.25) is 4.79 Å². The molecule has 0 unspecified atom stereocenters. The number of rotatable bonds is 1. The van der Waals surface area contributed by atoms with Crippen LogP contribution >= 0.6 is 0 Å². The molecule has 1 aliphatic heterocycles. The Morgan fingerprint density at radius 3 is 2.69 bits per heavy atom. The van der Waals surface area contributed by atoms with Crippen molar-refractivity contribution in [1.29, 1.82) is 0 Å². The van der Waals surface area contributed by atoms with Crippen LogP contribution in [-0.4, -0.2) is 33.6 Å². The standard InChI is InChI=1S/C5H9NO2.C3H4N2/c7-5(8)4-2-1-3-6-4;1-2-5-3-4-1/h4,6H,1-3H2,(H,7,8);1-3H,(H,4,5)/t4-;/m0./s1. The molecule has 1 fully saturated rings. The van der Waals surface area contributed by atoms with Crippen molar-refractivity contribution in [2.75, 3.05) is 6.54 Å². The number of hydrogen-bond donors (Lipinski definition) is 3. The average Bonchev–Trinajstić information content (AvgIpc) is 2.82. The predicted molar refractivity (Wildman–Crippen MR) is 47.2 cm³/mol. The Morgan fingerprint density at radius 2 is 2.46 bits per heavy atom. The van der Waals surface area contributed by atoms with Crippen LogP contribution in [0.3, 0.4) is 0 Å². The minimum atomic E-state index is -0.720. The molecule has 1 saturated heterocycles. The number of imidazole rings is 1. The van der Waals surface area contributed by atoms with Crippen LogP contribution in [0.4, 0.5) is 0 Å². The third-order valence-electron chi connectivity index (χ3n) is 1.76. The normalized spacial score (nSPS) is 20.5. The Hall–Kier alpha value is -1.36. The molecule has 2 heterocycles. The zero-order valence-corrected chi connectivity index (χ0v) is 7.23. The molecule has 1 atom stereocenters. The summed E-state index contributed by atoms with van der Waals surface area (Å²) in [5, 5.41) is 11.2. The van der Waals surface area contributed by atoms with Gasteiger partial charge >= 0.3 is 5.97 Å². The van der Waals surface area contributed by atoms with E-state index in [0.717, 1.165) is 19.4 Å². The molecule has 5 heteroatoms. The highest BCUT2D eigenvalue weighted by Crippen LogP contribution is 2.03. The molecule has 0 aliphatic carbocycles. The van der Waals surface area contributed by atoms with E-state index in [4.69, 9.17) is 5.11 Å². The van der Waals surface area contributed by atoms with Gasteiger partial charge in [0, 0.05) is 12.4 Å². The van der Waals surface area contributed by atoms with Crippen molar-refractivity contribution in [2.24, 2.45) is 0 Å². The lowest BCUT2D eigenvalue weighted by Crippen LogP contribution is -2.29. The zero-order chi connectivity index (χ0) is 9.52. The van der Waals surface area contributed by atoms with E-state index in [-0.39, 0.29) is 6.04 Å². The summed E-state index contributed by atoms with van der Waals surface area (Å²) in [6, 6.07) is -0.269. The van der Waals surface area contributed by atoms with Crippen LogP contribution in [0.2, 0.25) is 0 Å². The van der Waals surface area contributed by atoms with E-state index in [9.17, 15) is 4.79 Å². The van der Waals surface area contributed by atoms with E-state index in [1.165, 1.54) is 0 Å². The summed E-state index contributed by atoms with van der Waals surface area (Å²) < 4.78 is 0. The summed E-state index contributed by atoms with van der Waals surface area (Å²) in [5.41, 5.74) is 0. The Balaban J connectivity index is 0.000000145. The van der Waals surface area contributed by atoms with Crippen LogP contribution in [0.15, 0.2) is 18.7 Å². The lowest BCUT2D eigenvalue weighted by Gasteiger charge is -1.99. The second-order valence-electron chi connectivity index (χ2n) is 2.75. The molecule has 1 aromatic rings. The number of nitrogens with one attached hydrogen (secondary N) is 2. The second kappa shape index (κ2) is 5.31. The number of hydrogen-bond acceptors (Lipinski definition) is 3. The van der Waals surface area contributed by atoms with Crippen molar-refractivity contribution < 1.29 is 9.90 Å². The van der Waals surface area contributed by atoms with E-state index in [1.807, 2.05) is 0 Å². The summed E-state index contributed by atoms with van der Waals surface area (Å²) in [5.74, 6) is -0.720. The van der Waals surface area contributed by atoms with Gasteiger partial charge < -0.3 is 15.4 Å². The van der Waals surface area contributed by atoms with Crippen molar-refractivity contribution >= 4 is 5.97 Å². The highest BCUT2D eigenvalue weighted by Gasteiger charge is 2.20. The first-order valence-corrected chi connectivity index (χ1v) is 4.19. The maximum atomic E-state index is 10.1. The predicted octanol–water partition coefficient (Wildman–Crippen LogP) is 0.233. The highest BCUT2D eigenvalue weighted by atomic mass is 16.4. The number of H-pyrrole nitrogens is 1. The van der Waals surface area contributed by atoms with Gasteiger partial charge in [-0.15, -0.1) is 0 Å². The fraction of sp³-hybridized carbons (Fsp3) is 0.500. The summed E-state index contributed by atoms with van der Waals surface area (Å²) in [4.78, 5) is 16.6. The van der Waals surface area contributed by atoms with E-state index >= 15 is 0 Å². The quantitative estimate of drug-likeness (QED) is 0.582. The average molecular weight is 183 g/mol. The van der Waals surface area contributed by atoms with Gasteiger partial charge in [-0.1, -0.05) is 0 Å². The molecule has 13 heavy (non-hydrogen) atoms. The molecule has 0 bridgehead atoms. The Labute approximate surface area is 76.2 Å². The van der Waals surface area contributed by atoms with Gasteiger partial charge in [0.1, 0.15) is 6.04 Å². The maximum absolute atomic E-state index is 10.1. The fourth-order valence-electron chi connectivity index (χ4n) is 1.11. The van der Waals surface area contributed by atoms with Crippen LogP contribution in [0.1, 0.15) is 12.8 Å². The largest absolute Gasteiger partial charge is 0.480 e. The first-order chi connectivity index (χ1) is 6.30. The Bertz CT molecular complexity index is 212. The molecule has 0 aromatic carbocycles. The number of aromatic amines is 1. The molecular weight excluding hydrogens is 170 g/mol. The number of carbonyl (C=O) groups is 1. The topological polar surface area (TPSA) is 78.0 Å². The van der Waals surface area contributed by atoms with Crippen LogP contribution in [-0.2, 0) is 4.79 Å². The van der Waals surface area contributed by atoms with E-state index in [1.54, 1.807) is 18.7 Å². The van der Waals surface area contributed by atoms with E-state index in [2.05, 4.69) is 15.3 Å². The molecule has 2 rings (SSSR count). The molecule has 1 aromatic heterocycles. The molecular formula is C8H13N3O2. The molecule has 0 radical (unpaired) electrons. The zero-order valence-electron chi connectivity index (χ0n) is 7.23. The van der Waals surface area contributed by atoms with E-state index in [0.29, 0.717) is 0 Å². The van der Waals surface area contributed by atoms with Gasteiger partial charge in [0.2, 0.25) is 0 Å². The van der Waals surface area contributed by atoms with E-state index < -0.39 is 5.97 Å². The Morgan fingerprint density at radius 1 is 1.62 bits per heavy atom. The van der Waals surface area contributed by atoms with Crippen molar-refractivity contribution in [3.8, 4) is 0 Å². The van der Waals surface area contributed by atoms with Gasteiger partial charge in [0.25, 0.3) is 0 Å². The number of aromatic nitrogens is 2. The van der Waals surface area contributed by atoms with Crippen molar-refractivity contribution in [3.05, 3.63) is 18.7 Å². The summed E-state index contributed by atoms with van der Waals surface area (Å²) >= 11 is 0. The molecule has 3 N–H and O–H groups in total. The smallest absolute Gasteiger partial charge is 0.320 e. The maximum Gasteiger partial charge on any atom is 0.320 e. The van der Waals surface area contributed by atoms with Gasteiger partial charge in [0.15, 0.2) is 0 Å². The van der Waals surface area contributed by atoms with Gasteiger partial charge in [-0.25, -0.2) is 4.98 Å². The molecule has 72 valence electrons. The first-order valence-electron chi connectivity index (χ1n) is 4.19. The molecule has 0 amide bonds. The molecule has 1 aliphatic rings. The molecule has 5 nitrogen and oxygen atoms in total. The third kappa shape index (κ3) is 3.71. The Kier molecular flexibility index (Phi) is 3.98. The lowest BCUT2D eigenvalue weighted by atomic mass is 10.2. The lowest BCUT2D eigenvalue weighted by molar-refractivity contribution is -0.139. The van der Waals surface area contributed by atoms with Gasteiger partial charge in [-0.2, -0.15) is 0 Å². The fourth-order valence-corrected chi connectivity index (χ4v) is 1.11. The summed E-state index contributed by atoms with van der Waals surface area (Å²) in [7, 11) is 0. The number of carboxylic acids is 1. The third-order valence-corrected chi connectivity index (χ3v) is 1.76. The van der Waals surface area contributed by atoms with Crippen LogP contribution in [0.25, 0.3) is 0 Å².